The topological polar surface area (TPSA) is 56.1 Å². The minimum Gasteiger partial charge on any atom is -0.383 e. The fourth-order valence-corrected chi connectivity index (χ4v) is 2.19. The summed E-state index contributed by atoms with van der Waals surface area (Å²) in [7, 11) is 1.61. The molecular formula is C12H19N3O2. The van der Waals surface area contributed by atoms with E-state index < -0.39 is 0 Å². The smallest absolute Gasteiger partial charge is 0.271 e. The highest BCUT2D eigenvalue weighted by molar-refractivity contribution is 5.92. The van der Waals surface area contributed by atoms with Gasteiger partial charge in [-0.2, -0.15) is 5.10 Å². The second kappa shape index (κ2) is 5.82. The largest absolute Gasteiger partial charge is 0.383 e. The normalized spacial score (nSPS) is 16.3. The highest BCUT2D eigenvalue weighted by Gasteiger charge is 2.18. The van der Waals surface area contributed by atoms with Gasteiger partial charge in [0.1, 0.15) is 5.69 Å². The van der Waals surface area contributed by atoms with Crippen LogP contribution in [-0.2, 0) is 4.74 Å². The van der Waals surface area contributed by atoms with Gasteiger partial charge in [0.05, 0.1) is 12.6 Å². The molecule has 1 aromatic rings. The molecule has 1 heterocycles. The van der Waals surface area contributed by atoms with Crippen molar-refractivity contribution >= 4 is 5.91 Å². The maximum absolute atomic E-state index is 11.7. The van der Waals surface area contributed by atoms with Crippen LogP contribution in [-0.4, -0.2) is 35.9 Å². The van der Waals surface area contributed by atoms with Gasteiger partial charge in [0.25, 0.3) is 5.91 Å². The number of aromatic nitrogens is 2. The summed E-state index contributed by atoms with van der Waals surface area (Å²) in [6, 6.07) is 2.26. The van der Waals surface area contributed by atoms with Gasteiger partial charge in [0.2, 0.25) is 0 Å². The lowest BCUT2D eigenvalue weighted by Crippen LogP contribution is -2.27. The maximum atomic E-state index is 11.7. The molecule has 1 fully saturated rings. The summed E-state index contributed by atoms with van der Waals surface area (Å²) in [5, 5.41) is 7.10. The molecule has 5 nitrogen and oxygen atoms in total. The quantitative estimate of drug-likeness (QED) is 0.787. The first-order valence-electron chi connectivity index (χ1n) is 6.13. The zero-order valence-electron chi connectivity index (χ0n) is 10.2. The summed E-state index contributed by atoms with van der Waals surface area (Å²) >= 11 is 0. The van der Waals surface area contributed by atoms with E-state index in [4.69, 9.17) is 4.74 Å². The molecule has 0 radical (unpaired) electrons. The van der Waals surface area contributed by atoms with Gasteiger partial charge >= 0.3 is 0 Å². The van der Waals surface area contributed by atoms with E-state index in [0.717, 1.165) is 0 Å². The molecule has 0 atom stereocenters. The lowest BCUT2D eigenvalue weighted by Gasteiger charge is -2.08. The Labute approximate surface area is 101 Å². The fraction of sp³-hybridized carbons (Fsp3) is 0.667. The molecule has 0 aliphatic heterocycles. The minimum atomic E-state index is -0.126. The number of amides is 1. The van der Waals surface area contributed by atoms with Gasteiger partial charge in [-0.05, 0) is 18.9 Å². The van der Waals surface area contributed by atoms with Gasteiger partial charge in [-0.25, -0.2) is 0 Å². The summed E-state index contributed by atoms with van der Waals surface area (Å²) in [6.07, 6.45) is 6.78. The third kappa shape index (κ3) is 3.06. The fourth-order valence-electron chi connectivity index (χ4n) is 2.19. The average Bonchev–Trinajstić information content (AvgIpc) is 3.00. The van der Waals surface area contributed by atoms with Crippen molar-refractivity contribution in [2.45, 2.75) is 31.7 Å². The number of nitrogens with zero attached hydrogens (tertiary/aromatic N) is 2. The third-order valence-electron chi connectivity index (χ3n) is 3.13. The van der Waals surface area contributed by atoms with Gasteiger partial charge in [-0.15, -0.1) is 0 Å². The van der Waals surface area contributed by atoms with Crippen LogP contribution in [0.2, 0.25) is 0 Å². The zero-order chi connectivity index (χ0) is 12.1. The molecule has 0 spiro atoms. The number of carbonyl (C=O) groups excluding carboxylic acids is 1. The number of hydrogen-bond donors (Lipinski definition) is 1. The molecule has 0 unspecified atom stereocenters. The zero-order valence-corrected chi connectivity index (χ0v) is 10.2. The van der Waals surface area contributed by atoms with Gasteiger partial charge in [-0.3, -0.25) is 9.48 Å². The van der Waals surface area contributed by atoms with Gasteiger partial charge in [0.15, 0.2) is 0 Å². The first-order chi connectivity index (χ1) is 8.31. The van der Waals surface area contributed by atoms with Gasteiger partial charge < -0.3 is 10.1 Å². The minimum absolute atomic E-state index is 0.126. The molecule has 94 valence electrons. The van der Waals surface area contributed by atoms with Crippen LogP contribution in [0, 0.1) is 0 Å². The van der Waals surface area contributed by atoms with E-state index in [2.05, 4.69) is 10.4 Å². The van der Waals surface area contributed by atoms with E-state index in [0.29, 0.717) is 24.9 Å². The molecule has 1 aromatic heterocycles. The Morgan fingerprint density at radius 3 is 3.06 bits per heavy atom. The van der Waals surface area contributed by atoms with Gasteiger partial charge in [0, 0.05) is 19.9 Å². The number of rotatable bonds is 5. The lowest BCUT2D eigenvalue weighted by atomic mass is 10.3. The molecule has 17 heavy (non-hydrogen) atoms. The molecule has 1 amide bonds. The molecule has 0 saturated heterocycles. The van der Waals surface area contributed by atoms with E-state index in [9.17, 15) is 4.79 Å². The Kier molecular flexibility index (Phi) is 4.14. The molecule has 1 N–H and O–H groups in total. The van der Waals surface area contributed by atoms with E-state index >= 15 is 0 Å². The van der Waals surface area contributed by atoms with Crippen LogP contribution in [0.5, 0.6) is 0 Å². The summed E-state index contributed by atoms with van der Waals surface area (Å²) in [6.45, 7) is 1.04. The van der Waals surface area contributed by atoms with Crippen molar-refractivity contribution in [2.24, 2.45) is 0 Å². The molecule has 1 saturated carbocycles. The Morgan fingerprint density at radius 1 is 1.59 bits per heavy atom. The number of methoxy groups -OCH3 is 1. The van der Waals surface area contributed by atoms with Crippen molar-refractivity contribution in [1.29, 1.82) is 0 Å². The Balaban J connectivity index is 1.90. The highest BCUT2D eigenvalue weighted by atomic mass is 16.5. The first kappa shape index (κ1) is 12.1. The van der Waals surface area contributed by atoms with Crippen molar-refractivity contribution in [2.75, 3.05) is 20.3 Å². The Bertz CT molecular complexity index is 370. The van der Waals surface area contributed by atoms with Crippen molar-refractivity contribution in [3.63, 3.8) is 0 Å². The van der Waals surface area contributed by atoms with Crippen LogP contribution in [0.3, 0.4) is 0 Å². The second-order valence-corrected chi connectivity index (χ2v) is 4.37. The first-order valence-corrected chi connectivity index (χ1v) is 6.13. The average molecular weight is 237 g/mol. The van der Waals surface area contributed by atoms with E-state index in [1.54, 1.807) is 13.2 Å². The lowest BCUT2D eigenvalue weighted by molar-refractivity contribution is 0.0931. The van der Waals surface area contributed by atoms with Crippen LogP contribution in [0.1, 0.15) is 42.2 Å². The molecular weight excluding hydrogens is 218 g/mol. The van der Waals surface area contributed by atoms with Crippen LogP contribution in [0.25, 0.3) is 0 Å². The van der Waals surface area contributed by atoms with Gasteiger partial charge in [-0.1, -0.05) is 12.8 Å². The Morgan fingerprint density at radius 2 is 2.35 bits per heavy atom. The third-order valence-corrected chi connectivity index (χ3v) is 3.13. The van der Waals surface area contributed by atoms with E-state index in [-0.39, 0.29) is 5.91 Å². The van der Waals surface area contributed by atoms with Crippen LogP contribution in [0.15, 0.2) is 12.3 Å². The molecule has 0 aromatic carbocycles. The Hall–Kier alpha value is -1.36. The predicted octanol–water partition coefficient (Wildman–Crippen LogP) is 1.37. The molecule has 1 aliphatic rings. The van der Waals surface area contributed by atoms with Crippen molar-refractivity contribution in [3.8, 4) is 0 Å². The highest BCUT2D eigenvalue weighted by Crippen LogP contribution is 2.28. The van der Waals surface area contributed by atoms with E-state index in [1.165, 1.54) is 25.7 Å². The van der Waals surface area contributed by atoms with E-state index in [1.807, 2.05) is 10.9 Å². The van der Waals surface area contributed by atoms with Crippen molar-refractivity contribution in [3.05, 3.63) is 18.0 Å². The molecule has 0 bridgehead atoms. The number of carbonyl (C=O) groups is 1. The number of ether oxygens (including phenoxy) is 1. The number of nitrogens with one attached hydrogen (secondary N) is 1. The number of hydrogen-bond acceptors (Lipinski definition) is 3. The maximum Gasteiger partial charge on any atom is 0.271 e. The summed E-state index contributed by atoms with van der Waals surface area (Å²) in [5.74, 6) is -0.126. The van der Waals surface area contributed by atoms with Crippen LogP contribution in [0.4, 0.5) is 0 Å². The van der Waals surface area contributed by atoms with Crippen molar-refractivity contribution in [1.82, 2.24) is 15.1 Å². The predicted molar refractivity (Wildman–Crippen MR) is 63.9 cm³/mol. The van der Waals surface area contributed by atoms with Crippen LogP contribution >= 0.6 is 0 Å². The monoisotopic (exact) mass is 237 g/mol. The summed E-state index contributed by atoms with van der Waals surface area (Å²) < 4.78 is 6.80. The molecule has 1 aliphatic carbocycles. The standard InChI is InChI=1S/C12H19N3O2/c1-17-9-7-13-12(16)11-6-8-15(14-11)10-4-2-3-5-10/h6,8,10H,2-5,7,9H2,1H3,(H,13,16). The SMILES string of the molecule is COCCNC(=O)c1ccn(C2CCCC2)n1. The van der Waals surface area contributed by atoms with Crippen molar-refractivity contribution < 1.29 is 9.53 Å². The summed E-state index contributed by atoms with van der Waals surface area (Å²) in [4.78, 5) is 11.7. The molecule has 2 rings (SSSR count). The summed E-state index contributed by atoms with van der Waals surface area (Å²) in [5.41, 5.74) is 0.494. The second-order valence-electron chi connectivity index (χ2n) is 4.37. The van der Waals surface area contributed by atoms with Crippen LogP contribution < -0.4 is 5.32 Å². The molecule has 5 heteroatoms.